The fourth-order valence-electron chi connectivity index (χ4n) is 2.65. The van der Waals surface area contributed by atoms with Gasteiger partial charge in [0, 0.05) is 10.7 Å². The second-order valence-electron chi connectivity index (χ2n) is 6.18. The predicted molar refractivity (Wildman–Crippen MR) is 102 cm³/mol. The Morgan fingerprint density at radius 2 is 1.62 bits per heavy atom. The largest absolute Gasteiger partial charge is 0.482 e. The van der Waals surface area contributed by atoms with Crippen LogP contribution in [-0.4, -0.2) is 25.1 Å². The molecule has 0 bridgehead atoms. The Bertz CT molecular complexity index is 810. The number of rotatable bonds is 6. The van der Waals surface area contributed by atoms with E-state index in [-0.39, 0.29) is 13.2 Å². The zero-order valence-electron chi connectivity index (χ0n) is 15.3. The number of carbonyl (C=O) groups excluding carboxylic acids is 2. The van der Waals surface area contributed by atoms with Crippen molar-refractivity contribution in [2.45, 2.75) is 27.7 Å². The zero-order chi connectivity index (χ0) is 19.3. The molecule has 0 aliphatic heterocycles. The maximum atomic E-state index is 12.0. The maximum absolute atomic E-state index is 12.0. The molecular weight excluding hydrogens is 354 g/mol. The van der Waals surface area contributed by atoms with E-state index in [1.54, 1.807) is 18.2 Å². The summed E-state index contributed by atoms with van der Waals surface area (Å²) in [6.07, 6.45) is 0. The van der Waals surface area contributed by atoms with Crippen molar-refractivity contribution in [2.75, 3.05) is 18.5 Å². The summed E-state index contributed by atoms with van der Waals surface area (Å²) in [7, 11) is 0. The van der Waals surface area contributed by atoms with E-state index in [0.29, 0.717) is 10.8 Å². The second-order valence-corrected chi connectivity index (χ2v) is 6.62. The number of carbonyl (C=O) groups is 2. The number of nitrogens with one attached hydrogen (secondary N) is 1. The summed E-state index contributed by atoms with van der Waals surface area (Å²) in [5.41, 5.74) is 4.60. The first-order valence-electron chi connectivity index (χ1n) is 8.18. The van der Waals surface area contributed by atoms with Gasteiger partial charge in [-0.1, -0.05) is 29.3 Å². The molecule has 0 saturated carbocycles. The molecule has 0 unspecified atom stereocenters. The van der Waals surface area contributed by atoms with Gasteiger partial charge in [-0.05, 0) is 62.6 Å². The third kappa shape index (κ3) is 5.49. The van der Waals surface area contributed by atoms with Crippen LogP contribution in [0.1, 0.15) is 22.3 Å². The molecule has 0 saturated heterocycles. The molecule has 0 atom stereocenters. The molecule has 2 rings (SSSR count). The van der Waals surface area contributed by atoms with Crippen LogP contribution in [0.3, 0.4) is 0 Å². The average molecular weight is 376 g/mol. The van der Waals surface area contributed by atoms with Gasteiger partial charge in [-0.15, -0.1) is 0 Å². The number of esters is 1. The summed E-state index contributed by atoms with van der Waals surface area (Å²) in [5, 5.41) is 3.37. The Balaban J connectivity index is 1.83. The van der Waals surface area contributed by atoms with E-state index in [1.807, 2.05) is 39.8 Å². The van der Waals surface area contributed by atoms with Crippen LogP contribution in [0, 0.1) is 27.7 Å². The van der Waals surface area contributed by atoms with Crippen molar-refractivity contribution in [1.29, 1.82) is 0 Å². The van der Waals surface area contributed by atoms with Gasteiger partial charge in [0.1, 0.15) is 5.75 Å². The molecule has 5 nitrogen and oxygen atoms in total. The molecule has 0 aliphatic carbocycles. The zero-order valence-corrected chi connectivity index (χ0v) is 16.1. The number of ether oxygens (including phenoxy) is 2. The van der Waals surface area contributed by atoms with Crippen LogP contribution in [0.25, 0.3) is 0 Å². The van der Waals surface area contributed by atoms with Gasteiger partial charge in [-0.2, -0.15) is 0 Å². The number of aryl methyl sites for hydroxylation is 4. The molecule has 138 valence electrons. The Hall–Kier alpha value is -2.53. The Labute approximate surface area is 158 Å². The molecule has 1 N–H and O–H groups in total. The molecule has 6 heteroatoms. The molecule has 1 amide bonds. The highest BCUT2D eigenvalue weighted by molar-refractivity contribution is 6.30. The quantitative estimate of drug-likeness (QED) is 0.771. The molecule has 0 fully saturated rings. The van der Waals surface area contributed by atoms with Crippen LogP contribution in [0.15, 0.2) is 30.3 Å². The molecule has 2 aromatic carbocycles. The molecule has 0 radical (unpaired) electrons. The van der Waals surface area contributed by atoms with Gasteiger partial charge in [-0.25, -0.2) is 4.79 Å². The number of hydrogen-bond donors (Lipinski definition) is 1. The summed E-state index contributed by atoms with van der Waals surface area (Å²) in [5.74, 6) is -0.468. The van der Waals surface area contributed by atoms with E-state index in [2.05, 4.69) is 5.32 Å². The van der Waals surface area contributed by atoms with Crippen molar-refractivity contribution in [3.63, 3.8) is 0 Å². The Morgan fingerprint density at radius 1 is 0.962 bits per heavy atom. The van der Waals surface area contributed by atoms with Crippen molar-refractivity contribution in [2.24, 2.45) is 0 Å². The number of anilines is 1. The van der Waals surface area contributed by atoms with Gasteiger partial charge in [0.05, 0.1) is 0 Å². The highest BCUT2D eigenvalue weighted by atomic mass is 35.5. The van der Waals surface area contributed by atoms with Crippen molar-refractivity contribution < 1.29 is 19.1 Å². The molecule has 0 aromatic heterocycles. The standard InChI is InChI=1S/C20H22ClNO4/c1-12-7-14(3)20(15(4)8-12)22-18(23)10-26-19(24)11-25-17-6-5-16(21)9-13(17)2/h5-9H,10-11H2,1-4H3,(H,22,23). The molecule has 26 heavy (non-hydrogen) atoms. The van der Waals surface area contributed by atoms with Crippen LogP contribution in [0.5, 0.6) is 5.75 Å². The first kappa shape index (κ1) is 19.8. The second kappa shape index (κ2) is 8.72. The Morgan fingerprint density at radius 3 is 2.23 bits per heavy atom. The number of halogens is 1. The van der Waals surface area contributed by atoms with Crippen LogP contribution >= 0.6 is 11.6 Å². The number of benzene rings is 2. The highest BCUT2D eigenvalue weighted by Crippen LogP contribution is 2.22. The van der Waals surface area contributed by atoms with Gasteiger partial charge in [0.2, 0.25) is 0 Å². The van der Waals surface area contributed by atoms with Crippen molar-refractivity contribution in [3.8, 4) is 5.75 Å². The SMILES string of the molecule is Cc1cc(C)c(NC(=O)COC(=O)COc2ccc(Cl)cc2C)c(C)c1. The van der Waals surface area contributed by atoms with Gasteiger partial charge < -0.3 is 14.8 Å². The van der Waals surface area contributed by atoms with Gasteiger partial charge >= 0.3 is 5.97 Å². The van der Waals surface area contributed by atoms with Crippen molar-refractivity contribution >= 4 is 29.2 Å². The molecule has 2 aromatic rings. The minimum absolute atomic E-state index is 0.279. The summed E-state index contributed by atoms with van der Waals surface area (Å²) in [6.45, 7) is 7.02. The van der Waals surface area contributed by atoms with E-state index < -0.39 is 11.9 Å². The van der Waals surface area contributed by atoms with Gasteiger partial charge in [0.15, 0.2) is 13.2 Å². The molecule has 0 spiro atoms. The topological polar surface area (TPSA) is 64.6 Å². The monoisotopic (exact) mass is 375 g/mol. The number of hydrogen-bond acceptors (Lipinski definition) is 4. The van der Waals surface area contributed by atoms with Crippen LogP contribution in [-0.2, 0) is 14.3 Å². The lowest BCUT2D eigenvalue weighted by Gasteiger charge is -2.13. The van der Waals surface area contributed by atoms with E-state index in [1.165, 1.54) is 0 Å². The van der Waals surface area contributed by atoms with Crippen LogP contribution in [0.4, 0.5) is 5.69 Å². The van der Waals surface area contributed by atoms with E-state index in [4.69, 9.17) is 21.1 Å². The van der Waals surface area contributed by atoms with E-state index in [9.17, 15) is 9.59 Å². The van der Waals surface area contributed by atoms with Crippen molar-refractivity contribution in [1.82, 2.24) is 0 Å². The maximum Gasteiger partial charge on any atom is 0.344 e. The smallest absolute Gasteiger partial charge is 0.344 e. The lowest BCUT2D eigenvalue weighted by atomic mass is 10.1. The van der Waals surface area contributed by atoms with E-state index in [0.717, 1.165) is 27.9 Å². The van der Waals surface area contributed by atoms with Crippen LogP contribution < -0.4 is 10.1 Å². The first-order chi connectivity index (χ1) is 12.3. The summed E-state index contributed by atoms with van der Waals surface area (Å²) in [4.78, 5) is 23.8. The van der Waals surface area contributed by atoms with Crippen LogP contribution in [0.2, 0.25) is 5.02 Å². The average Bonchev–Trinajstić information content (AvgIpc) is 2.55. The molecule has 0 aliphatic rings. The number of amides is 1. The third-order valence-corrected chi connectivity index (χ3v) is 4.02. The van der Waals surface area contributed by atoms with Crippen molar-refractivity contribution in [3.05, 3.63) is 57.6 Å². The molecular formula is C20H22ClNO4. The lowest BCUT2D eigenvalue weighted by molar-refractivity contribution is -0.149. The Kier molecular flexibility index (Phi) is 6.64. The highest BCUT2D eigenvalue weighted by Gasteiger charge is 2.12. The third-order valence-electron chi connectivity index (χ3n) is 3.79. The fraction of sp³-hybridized carbons (Fsp3) is 0.300. The van der Waals surface area contributed by atoms with Gasteiger partial charge in [-0.3, -0.25) is 4.79 Å². The summed E-state index contributed by atoms with van der Waals surface area (Å²) < 4.78 is 10.4. The predicted octanol–water partition coefficient (Wildman–Crippen LogP) is 4.13. The molecule has 0 heterocycles. The lowest BCUT2D eigenvalue weighted by Crippen LogP contribution is -2.24. The van der Waals surface area contributed by atoms with Gasteiger partial charge in [0.25, 0.3) is 5.91 Å². The minimum Gasteiger partial charge on any atom is -0.482 e. The van der Waals surface area contributed by atoms with E-state index >= 15 is 0 Å². The summed E-state index contributed by atoms with van der Waals surface area (Å²) >= 11 is 5.87. The normalized spacial score (nSPS) is 10.3. The fourth-order valence-corrected chi connectivity index (χ4v) is 2.88. The summed E-state index contributed by atoms with van der Waals surface area (Å²) in [6, 6.07) is 9.06. The minimum atomic E-state index is -0.619. The first-order valence-corrected chi connectivity index (χ1v) is 8.56.